The van der Waals surface area contributed by atoms with Gasteiger partial charge < -0.3 is 9.47 Å². The van der Waals surface area contributed by atoms with Crippen molar-refractivity contribution in [1.29, 1.82) is 0 Å². The van der Waals surface area contributed by atoms with Gasteiger partial charge in [-0.05, 0) is 150 Å². The van der Waals surface area contributed by atoms with Gasteiger partial charge in [-0.3, -0.25) is 0 Å². The Bertz CT molecular complexity index is 4140. The van der Waals surface area contributed by atoms with E-state index in [1.807, 2.05) is 0 Å². The van der Waals surface area contributed by atoms with Gasteiger partial charge in [-0.25, -0.2) is 0 Å². The van der Waals surface area contributed by atoms with E-state index in [1.165, 1.54) is 117 Å². The molecule has 0 bridgehead atoms. The molecule has 11 aromatic carbocycles. The lowest BCUT2D eigenvalue weighted by atomic mass is 9.80. The number of hydrogen-bond acceptors (Lipinski definition) is 1. The summed E-state index contributed by atoms with van der Waals surface area (Å²) in [6, 6.07) is 94.4. The molecule has 0 aliphatic heterocycles. The molecule has 0 saturated heterocycles. The summed E-state index contributed by atoms with van der Waals surface area (Å²) in [6.07, 6.45) is 0. The van der Waals surface area contributed by atoms with E-state index >= 15 is 0 Å². The fraction of sp³-hybridized carbons (Fsp3) is 0.0833. The Kier molecular flexibility index (Phi) is 9.94. The molecule has 14 rings (SSSR count). The molecule has 2 heteroatoms. The van der Waals surface area contributed by atoms with Crippen LogP contribution in [0, 0.1) is 0 Å². The Labute approximate surface area is 434 Å². The zero-order valence-corrected chi connectivity index (χ0v) is 42.1. The second-order valence-electron chi connectivity index (χ2n) is 21.3. The van der Waals surface area contributed by atoms with Crippen molar-refractivity contribution in [1.82, 2.24) is 4.57 Å². The Morgan fingerprint density at radius 1 is 0.324 bits per heavy atom. The average Bonchev–Trinajstić information content (AvgIpc) is 4.02. The number of rotatable bonds is 8. The van der Waals surface area contributed by atoms with Gasteiger partial charge in [0, 0.05) is 44.2 Å². The molecule has 74 heavy (non-hydrogen) atoms. The van der Waals surface area contributed by atoms with Crippen LogP contribution < -0.4 is 4.90 Å². The summed E-state index contributed by atoms with van der Waals surface area (Å²) in [7, 11) is 0. The van der Waals surface area contributed by atoms with E-state index in [0.29, 0.717) is 0 Å². The van der Waals surface area contributed by atoms with Gasteiger partial charge in [-0.2, -0.15) is 0 Å². The maximum atomic E-state index is 2.52. The van der Waals surface area contributed by atoms with E-state index in [1.54, 1.807) is 0 Å². The van der Waals surface area contributed by atoms with Crippen LogP contribution in [0.3, 0.4) is 0 Å². The third kappa shape index (κ3) is 6.78. The molecule has 12 aromatic rings. The molecule has 0 spiro atoms. The minimum atomic E-state index is -0.252. The van der Waals surface area contributed by atoms with Crippen molar-refractivity contribution in [3.63, 3.8) is 0 Å². The SMILES string of the molecule is CC1(C)c2cc(-c3ccc4c(c3)C(C)(C)c3cc5c(cc3-4)c(-c3ccccc3)c(-c3ccccc3)n5-c3ccc(-c4ccccc4)cc3)ccc2-c2ccc(N(c3ccccc3)c3cccc4ccccc34)cc21. The highest BCUT2D eigenvalue weighted by atomic mass is 15.1. The first-order valence-corrected chi connectivity index (χ1v) is 26.0. The fourth-order valence-electron chi connectivity index (χ4n) is 12.6. The standard InChI is InChI=1S/C72H54N2/c1-71(2)63-42-52(34-39-58(63)59-41-38-56(44-65(59)71)73(54-28-15-8-16-29-54)67-31-19-27-49-22-17-18-30-57(49)67)53-35-40-60-61-45-62-68(46-66(61)72(3,4)64(60)43-53)74(55-36-32-48(33-37-55)47-20-9-5-10-21-47)70(51-25-13-7-14-26-51)69(62)50-23-11-6-12-24-50/h5-46H,1-4H3. The Morgan fingerprint density at radius 3 is 1.46 bits per heavy atom. The Hall–Kier alpha value is -8.98. The van der Waals surface area contributed by atoms with Crippen molar-refractivity contribution < 1.29 is 0 Å². The van der Waals surface area contributed by atoms with Crippen LogP contribution >= 0.6 is 0 Å². The molecule has 0 saturated carbocycles. The van der Waals surface area contributed by atoms with Crippen molar-refractivity contribution in [2.24, 2.45) is 0 Å². The average molecular weight is 947 g/mol. The molecule has 0 fully saturated rings. The molecule has 0 unspecified atom stereocenters. The topological polar surface area (TPSA) is 8.17 Å². The van der Waals surface area contributed by atoms with Crippen LogP contribution in [0.1, 0.15) is 49.9 Å². The van der Waals surface area contributed by atoms with E-state index in [0.717, 1.165) is 17.1 Å². The van der Waals surface area contributed by atoms with Crippen LogP contribution in [-0.4, -0.2) is 4.57 Å². The van der Waals surface area contributed by atoms with Crippen molar-refractivity contribution >= 4 is 38.7 Å². The lowest BCUT2D eigenvalue weighted by molar-refractivity contribution is 0.660. The maximum absolute atomic E-state index is 2.52. The highest BCUT2D eigenvalue weighted by Crippen LogP contribution is 2.55. The van der Waals surface area contributed by atoms with Crippen LogP contribution in [0.25, 0.3) is 94.3 Å². The van der Waals surface area contributed by atoms with Crippen molar-refractivity contribution in [3.8, 4) is 72.6 Å². The number of fused-ring (bicyclic) bond motifs is 8. The number of aromatic nitrogens is 1. The van der Waals surface area contributed by atoms with Crippen LogP contribution in [0.5, 0.6) is 0 Å². The summed E-state index contributed by atoms with van der Waals surface area (Å²) in [5, 5.41) is 3.71. The number of benzene rings is 11. The molecule has 0 N–H and O–H groups in total. The Morgan fingerprint density at radius 2 is 0.811 bits per heavy atom. The van der Waals surface area contributed by atoms with Gasteiger partial charge in [0.1, 0.15) is 0 Å². The van der Waals surface area contributed by atoms with Crippen molar-refractivity contribution in [3.05, 3.63) is 277 Å². The number of anilines is 3. The molecule has 2 nitrogen and oxygen atoms in total. The van der Waals surface area contributed by atoms with E-state index in [4.69, 9.17) is 0 Å². The van der Waals surface area contributed by atoms with Gasteiger partial charge in [-0.15, -0.1) is 0 Å². The fourth-order valence-corrected chi connectivity index (χ4v) is 12.6. The molecule has 1 aromatic heterocycles. The van der Waals surface area contributed by atoms with E-state index in [-0.39, 0.29) is 10.8 Å². The Balaban J connectivity index is 0.874. The first-order chi connectivity index (χ1) is 36.2. The number of nitrogens with zero attached hydrogens (tertiary/aromatic N) is 2. The lowest BCUT2D eigenvalue weighted by Crippen LogP contribution is -2.17. The van der Waals surface area contributed by atoms with Crippen LogP contribution in [-0.2, 0) is 10.8 Å². The van der Waals surface area contributed by atoms with Gasteiger partial charge in [-0.1, -0.05) is 216 Å². The predicted molar refractivity (Wildman–Crippen MR) is 312 cm³/mol. The predicted octanol–water partition coefficient (Wildman–Crippen LogP) is 19.5. The molecule has 0 radical (unpaired) electrons. The van der Waals surface area contributed by atoms with Crippen molar-refractivity contribution in [2.75, 3.05) is 4.90 Å². The maximum Gasteiger partial charge on any atom is 0.0619 e. The van der Waals surface area contributed by atoms with Gasteiger partial charge in [0.2, 0.25) is 0 Å². The van der Waals surface area contributed by atoms with Gasteiger partial charge in [0.15, 0.2) is 0 Å². The molecule has 352 valence electrons. The lowest BCUT2D eigenvalue weighted by Gasteiger charge is -2.29. The molecule has 2 aliphatic rings. The summed E-state index contributed by atoms with van der Waals surface area (Å²) in [4.78, 5) is 2.42. The zero-order chi connectivity index (χ0) is 49.7. The summed E-state index contributed by atoms with van der Waals surface area (Å²) < 4.78 is 2.52. The highest BCUT2D eigenvalue weighted by molar-refractivity contribution is 6.09. The largest absolute Gasteiger partial charge is 0.310 e. The zero-order valence-electron chi connectivity index (χ0n) is 42.1. The molecular formula is C72H54N2. The van der Waals surface area contributed by atoms with Gasteiger partial charge in [0.25, 0.3) is 0 Å². The smallest absolute Gasteiger partial charge is 0.0619 e. The second-order valence-corrected chi connectivity index (χ2v) is 21.3. The van der Waals surface area contributed by atoms with Crippen LogP contribution in [0.2, 0.25) is 0 Å². The van der Waals surface area contributed by atoms with Gasteiger partial charge in [0.05, 0.1) is 16.9 Å². The van der Waals surface area contributed by atoms with Crippen LogP contribution in [0.15, 0.2) is 255 Å². The minimum absolute atomic E-state index is 0.221. The number of hydrogen-bond donors (Lipinski definition) is 0. The highest BCUT2D eigenvalue weighted by Gasteiger charge is 2.39. The summed E-state index contributed by atoms with van der Waals surface area (Å²) in [5.41, 5.74) is 25.8. The minimum Gasteiger partial charge on any atom is -0.310 e. The molecule has 1 heterocycles. The normalized spacial score (nSPS) is 13.6. The first kappa shape index (κ1) is 43.8. The molecule has 2 aliphatic carbocycles. The molecule has 0 amide bonds. The quantitative estimate of drug-likeness (QED) is 0.147. The van der Waals surface area contributed by atoms with Crippen LogP contribution in [0.4, 0.5) is 17.1 Å². The van der Waals surface area contributed by atoms with E-state index in [9.17, 15) is 0 Å². The third-order valence-corrected chi connectivity index (χ3v) is 16.4. The monoisotopic (exact) mass is 946 g/mol. The van der Waals surface area contributed by atoms with Gasteiger partial charge >= 0.3 is 0 Å². The van der Waals surface area contributed by atoms with Crippen molar-refractivity contribution in [2.45, 2.75) is 38.5 Å². The second kappa shape index (κ2) is 16.8. The van der Waals surface area contributed by atoms with E-state index in [2.05, 4.69) is 292 Å². The summed E-state index contributed by atoms with van der Waals surface area (Å²) in [6.45, 7) is 9.64. The van der Waals surface area contributed by atoms with E-state index < -0.39 is 0 Å². The molecule has 0 atom stereocenters. The number of para-hydroxylation sites is 1. The first-order valence-electron chi connectivity index (χ1n) is 26.0. The third-order valence-electron chi connectivity index (χ3n) is 16.4. The molecular weight excluding hydrogens is 893 g/mol. The summed E-state index contributed by atoms with van der Waals surface area (Å²) in [5.74, 6) is 0. The summed E-state index contributed by atoms with van der Waals surface area (Å²) >= 11 is 0.